The first kappa shape index (κ1) is 23.8. The van der Waals surface area contributed by atoms with Gasteiger partial charge in [0, 0.05) is 31.9 Å². The van der Waals surface area contributed by atoms with Crippen LogP contribution in [0.3, 0.4) is 0 Å². The molecular weight excluding hydrogens is 430 g/mol. The molecule has 0 aliphatic carbocycles. The van der Waals surface area contributed by atoms with Crippen LogP contribution in [0.4, 0.5) is 5.69 Å². The third kappa shape index (κ3) is 4.66. The van der Waals surface area contributed by atoms with Crippen LogP contribution in [0.1, 0.15) is 35.6 Å². The van der Waals surface area contributed by atoms with Crippen molar-refractivity contribution in [2.45, 2.75) is 25.3 Å². The molecule has 1 amide bonds. The lowest BCUT2D eigenvalue weighted by molar-refractivity contribution is -0.139. The molecule has 34 heavy (non-hydrogen) atoms. The van der Waals surface area contributed by atoms with Gasteiger partial charge in [-0.05, 0) is 81.4 Å². The van der Waals surface area contributed by atoms with E-state index < -0.39 is 17.7 Å². The van der Waals surface area contributed by atoms with Crippen molar-refractivity contribution in [3.63, 3.8) is 0 Å². The highest BCUT2D eigenvalue weighted by atomic mass is 16.5. The van der Waals surface area contributed by atoms with Gasteiger partial charge in [0.15, 0.2) is 0 Å². The highest BCUT2D eigenvalue weighted by Gasteiger charge is 2.45. The molecule has 0 bridgehead atoms. The molecule has 0 spiro atoms. The van der Waals surface area contributed by atoms with Crippen molar-refractivity contribution < 1.29 is 19.4 Å². The minimum atomic E-state index is -0.641. The summed E-state index contributed by atoms with van der Waals surface area (Å²) in [5.41, 5.74) is 3.50. The van der Waals surface area contributed by atoms with Gasteiger partial charge in [-0.2, -0.15) is 0 Å². The van der Waals surface area contributed by atoms with Crippen LogP contribution in [-0.4, -0.2) is 74.5 Å². The summed E-state index contributed by atoms with van der Waals surface area (Å²) < 4.78 is 5.69. The third-order valence-corrected chi connectivity index (χ3v) is 6.45. The fourth-order valence-corrected chi connectivity index (χ4v) is 4.63. The minimum absolute atomic E-state index is 0.136. The highest BCUT2D eigenvalue weighted by Crippen LogP contribution is 2.40. The quantitative estimate of drug-likeness (QED) is 0.385. The van der Waals surface area contributed by atoms with Gasteiger partial charge in [0.05, 0.1) is 18.2 Å². The van der Waals surface area contributed by atoms with Crippen molar-refractivity contribution in [2.24, 2.45) is 0 Å². The Morgan fingerprint density at radius 2 is 1.82 bits per heavy atom. The molecule has 0 aromatic heterocycles. The second-order valence-corrected chi connectivity index (χ2v) is 9.41. The minimum Gasteiger partial charge on any atom is -0.507 e. The lowest BCUT2D eigenvalue weighted by Crippen LogP contribution is -2.32. The zero-order valence-electron chi connectivity index (χ0n) is 20.4. The van der Waals surface area contributed by atoms with E-state index in [1.54, 1.807) is 11.0 Å². The Morgan fingerprint density at radius 1 is 1.09 bits per heavy atom. The maximum atomic E-state index is 13.2. The molecular formula is C27H33N3O4. The molecule has 7 heteroatoms. The first-order valence-corrected chi connectivity index (χ1v) is 11.7. The Kier molecular flexibility index (Phi) is 6.93. The summed E-state index contributed by atoms with van der Waals surface area (Å²) >= 11 is 0. The number of aliphatic hydroxyl groups excluding tert-OH is 1. The number of nitrogens with zero attached hydrogens (tertiary/aromatic N) is 3. The summed E-state index contributed by atoms with van der Waals surface area (Å²) in [6.45, 7) is 1.90. The van der Waals surface area contributed by atoms with E-state index in [0.29, 0.717) is 18.7 Å². The number of aliphatic hydroxyl groups is 1. The molecule has 1 fully saturated rings. The number of hydrogen-bond acceptors (Lipinski definition) is 6. The number of likely N-dealkylation sites (tertiary alicyclic amines) is 1. The first-order valence-electron chi connectivity index (χ1n) is 11.7. The van der Waals surface area contributed by atoms with E-state index in [0.717, 1.165) is 48.4 Å². The maximum absolute atomic E-state index is 13.2. The lowest BCUT2D eigenvalue weighted by atomic mass is 9.93. The number of Topliss-reactive ketones (excluding diaryl/α,β-unsaturated/α-hetero) is 1. The average Bonchev–Trinajstić information content (AvgIpc) is 3.08. The standard InChI is InChI=1S/C27H33N3O4/c1-28(2)14-6-15-30-24(18-8-11-21(12-9-18)29(3)4)23(26(32)27(30)33)25(31)20-10-13-22-19(17-20)7-5-16-34-22/h8-13,17,24,31H,5-7,14-16H2,1-4H3/b25-23-. The summed E-state index contributed by atoms with van der Waals surface area (Å²) in [5.74, 6) is -0.535. The van der Waals surface area contributed by atoms with Crippen LogP contribution in [0.25, 0.3) is 5.76 Å². The molecule has 1 N–H and O–H groups in total. The van der Waals surface area contributed by atoms with Crippen molar-refractivity contribution in [2.75, 3.05) is 52.8 Å². The average molecular weight is 464 g/mol. The van der Waals surface area contributed by atoms with Gasteiger partial charge < -0.3 is 24.5 Å². The summed E-state index contributed by atoms with van der Waals surface area (Å²) in [6.07, 6.45) is 2.49. The molecule has 1 unspecified atom stereocenters. The number of hydrogen-bond donors (Lipinski definition) is 1. The third-order valence-electron chi connectivity index (χ3n) is 6.45. The van der Waals surface area contributed by atoms with Crippen LogP contribution < -0.4 is 9.64 Å². The van der Waals surface area contributed by atoms with Crippen molar-refractivity contribution in [1.82, 2.24) is 9.80 Å². The molecule has 7 nitrogen and oxygen atoms in total. The molecule has 2 heterocycles. The Balaban J connectivity index is 1.78. The van der Waals surface area contributed by atoms with E-state index in [1.807, 2.05) is 74.4 Å². The molecule has 2 aliphatic heterocycles. The van der Waals surface area contributed by atoms with Gasteiger partial charge in [-0.3, -0.25) is 9.59 Å². The van der Waals surface area contributed by atoms with Crippen LogP contribution in [0.15, 0.2) is 48.0 Å². The van der Waals surface area contributed by atoms with Crippen LogP contribution in [-0.2, 0) is 16.0 Å². The summed E-state index contributed by atoms with van der Waals surface area (Å²) in [5, 5.41) is 11.3. The predicted molar refractivity (Wildman–Crippen MR) is 133 cm³/mol. The largest absolute Gasteiger partial charge is 0.507 e. The number of aryl methyl sites for hydroxylation is 1. The van der Waals surface area contributed by atoms with Crippen LogP contribution in [0.5, 0.6) is 5.75 Å². The number of ketones is 1. The summed E-state index contributed by atoms with van der Waals surface area (Å²) in [7, 11) is 7.88. The van der Waals surface area contributed by atoms with Crippen LogP contribution >= 0.6 is 0 Å². The maximum Gasteiger partial charge on any atom is 0.295 e. The molecule has 1 atom stereocenters. The van der Waals surface area contributed by atoms with Crippen molar-refractivity contribution in [3.05, 3.63) is 64.7 Å². The molecule has 1 saturated heterocycles. The number of amides is 1. The molecule has 4 rings (SSSR count). The van der Waals surface area contributed by atoms with Gasteiger partial charge in [0.25, 0.3) is 11.7 Å². The Morgan fingerprint density at radius 3 is 2.50 bits per heavy atom. The SMILES string of the molecule is CN(C)CCCN1C(=O)C(=O)/C(=C(\O)c2ccc3c(c2)CCCO3)C1c1ccc(N(C)C)cc1. The molecule has 0 saturated carbocycles. The molecule has 180 valence electrons. The smallest absolute Gasteiger partial charge is 0.295 e. The van der Waals surface area contributed by atoms with Gasteiger partial charge in [0.1, 0.15) is 11.5 Å². The van der Waals surface area contributed by atoms with E-state index in [4.69, 9.17) is 4.74 Å². The van der Waals surface area contributed by atoms with Crippen molar-refractivity contribution in [3.8, 4) is 5.75 Å². The lowest BCUT2D eigenvalue weighted by Gasteiger charge is -2.26. The zero-order chi connectivity index (χ0) is 24.4. The van der Waals surface area contributed by atoms with Gasteiger partial charge in [-0.1, -0.05) is 12.1 Å². The topological polar surface area (TPSA) is 73.3 Å². The first-order chi connectivity index (χ1) is 16.3. The Hall–Kier alpha value is -3.32. The fourth-order valence-electron chi connectivity index (χ4n) is 4.63. The number of benzene rings is 2. The van der Waals surface area contributed by atoms with Crippen LogP contribution in [0.2, 0.25) is 0 Å². The van der Waals surface area contributed by atoms with E-state index in [9.17, 15) is 14.7 Å². The van der Waals surface area contributed by atoms with Crippen molar-refractivity contribution in [1.29, 1.82) is 0 Å². The summed E-state index contributed by atoms with van der Waals surface area (Å²) in [4.78, 5) is 32.0. The van der Waals surface area contributed by atoms with E-state index >= 15 is 0 Å². The Bertz CT molecular complexity index is 1110. The number of carbonyl (C=O) groups excluding carboxylic acids is 2. The van der Waals surface area contributed by atoms with E-state index in [2.05, 4.69) is 0 Å². The number of carbonyl (C=O) groups is 2. The highest BCUT2D eigenvalue weighted by molar-refractivity contribution is 6.46. The number of rotatable bonds is 7. The normalized spacial score (nSPS) is 19.3. The van der Waals surface area contributed by atoms with E-state index in [1.165, 1.54) is 0 Å². The monoisotopic (exact) mass is 463 g/mol. The second kappa shape index (κ2) is 9.89. The zero-order valence-corrected chi connectivity index (χ0v) is 20.4. The fraction of sp³-hybridized carbons (Fsp3) is 0.407. The second-order valence-electron chi connectivity index (χ2n) is 9.41. The van der Waals surface area contributed by atoms with Gasteiger partial charge in [0.2, 0.25) is 0 Å². The number of ether oxygens (including phenoxy) is 1. The van der Waals surface area contributed by atoms with Crippen LogP contribution in [0, 0.1) is 0 Å². The van der Waals surface area contributed by atoms with Gasteiger partial charge in [-0.15, -0.1) is 0 Å². The van der Waals surface area contributed by atoms with Gasteiger partial charge >= 0.3 is 0 Å². The predicted octanol–water partition coefficient (Wildman–Crippen LogP) is 3.45. The number of anilines is 1. The molecule has 0 radical (unpaired) electrons. The summed E-state index contributed by atoms with van der Waals surface area (Å²) in [6, 6.07) is 12.6. The van der Waals surface area contributed by atoms with Crippen molar-refractivity contribution >= 4 is 23.1 Å². The Labute approximate surface area is 201 Å². The molecule has 2 aromatic carbocycles. The number of fused-ring (bicyclic) bond motifs is 1. The van der Waals surface area contributed by atoms with Gasteiger partial charge in [-0.25, -0.2) is 0 Å². The molecule has 2 aromatic rings. The molecule has 2 aliphatic rings. The van der Waals surface area contributed by atoms with E-state index in [-0.39, 0.29) is 11.3 Å².